The van der Waals surface area contributed by atoms with Crippen molar-refractivity contribution in [2.45, 2.75) is 45.8 Å². The largest absolute Gasteiger partial charge is 0.496 e. The van der Waals surface area contributed by atoms with Gasteiger partial charge < -0.3 is 14.0 Å². The lowest BCUT2D eigenvalue weighted by atomic mass is 9.79. The third-order valence-electron chi connectivity index (χ3n) is 4.27. The van der Waals surface area contributed by atoms with Crippen LogP contribution in [0.25, 0.3) is 10.1 Å². The minimum absolute atomic E-state index is 0.332. The first-order valence-corrected chi connectivity index (χ1v) is 8.07. The van der Waals surface area contributed by atoms with E-state index in [4.69, 9.17) is 14.0 Å². The Hall–Kier alpha value is -1.11. The second kappa shape index (κ2) is 4.97. The third kappa shape index (κ3) is 2.45. The normalized spacial score (nSPS) is 20.1. The molecule has 0 aliphatic carbocycles. The molecular formula is C15H20BNO3S. The number of ether oxygens (including phenoxy) is 1. The van der Waals surface area contributed by atoms with Crippen LogP contribution in [0.5, 0.6) is 5.88 Å². The zero-order valence-electron chi connectivity index (χ0n) is 13.1. The molecule has 2 aromatic rings. The smallest absolute Gasteiger partial charge is 0.478 e. The van der Waals surface area contributed by atoms with Gasteiger partial charge in [-0.15, -0.1) is 11.3 Å². The van der Waals surface area contributed by atoms with Crippen molar-refractivity contribution in [3.05, 3.63) is 17.6 Å². The molecule has 0 N–H and O–H groups in total. The molecule has 3 heterocycles. The van der Waals surface area contributed by atoms with E-state index in [-0.39, 0.29) is 18.3 Å². The van der Waals surface area contributed by atoms with Gasteiger partial charge in [0.15, 0.2) is 0 Å². The van der Waals surface area contributed by atoms with Crippen LogP contribution in [0.4, 0.5) is 0 Å². The van der Waals surface area contributed by atoms with Crippen molar-refractivity contribution in [2.75, 3.05) is 6.61 Å². The molecule has 4 nitrogen and oxygen atoms in total. The lowest BCUT2D eigenvalue weighted by Crippen LogP contribution is -2.41. The lowest BCUT2D eigenvalue weighted by molar-refractivity contribution is 0.00578. The quantitative estimate of drug-likeness (QED) is 0.817. The maximum Gasteiger partial charge on any atom is 0.496 e. The van der Waals surface area contributed by atoms with Crippen molar-refractivity contribution >= 4 is 34.0 Å². The molecule has 1 aliphatic rings. The van der Waals surface area contributed by atoms with Crippen LogP contribution >= 0.6 is 11.3 Å². The molecule has 3 rings (SSSR count). The Labute approximate surface area is 129 Å². The van der Waals surface area contributed by atoms with Gasteiger partial charge in [0.25, 0.3) is 0 Å². The predicted octanol–water partition coefficient (Wildman–Crippen LogP) is 2.99. The molecule has 0 amide bonds. The highest BCUT2D eigenvalue weighted by Crippen LogP contribution is 2.37. The first-order chi connectivity index (χ1) is 9.84. The predicted molar refractivity (Wildman–Crippen MR) is 86.5 cm³/mol. The van der Waals surface area contributed by atoms with Gasteiger partial charge in [0, 0.05) is 17.7 Å². The van der Waals surface area contributed by atoms with Gasteiger partial charge >= 0.3 is 7.12 Å². The van der Waals surface area contributed by atoms with E-state index in [0.29, 0.717) is 12.5 Å². The van der Waals surface area contributed by atoms with Gasteiger partial charge in [0.1, 0.15) is 0 Å². The molecule has 0 radical (unpaired) electrons. The summed E-state index contributed by atoms with van der Waals surface area (Å²) < 4.78 is 18.9. The molecule has 0 saturated carbocycles. The molecule has 0 spiro atoms. The maximum atomic E-state index is 6.14. The highest BCUT2D eigenvalue weighted by molar-refractivity contribution is 7.18. The summed E-state index contributed by atoms with van der Waals surface area (Å²) in [5, 5.41) is 3.18. The molecule has 1 saturated heterocycles. The average molecular weight is 305 g/mol. The number of nitrogens with zero attached hydrogens (tertiary/aromatic N) is 1. The summed E-state index contributed by atoms with van der Waals surface area (Å²) in [6.07, 6.45) is 1.85. The van der Waals surface area contributed by atoms with Gasteiger partial charge in [0.2, 0.25) is 5.88 Å². The summed E-state index contributed by atoms with van der Waals surface area (Å²) in [5.41, 5.74) is 0.389. The molecule has 0 aromatic carbocycles. The second-order valence-electron chi connectivity index (χ2n) is 6.23. The van der Waals surface area contributed by atoms with Gasteiger partial charge in [0.05, 0.1) is 22.5 Å². The Kier molecular flexibility index (Phi) is 3.51. The van der Waals surface area contributed by atoms with Gasteiger partial charge in [-0.25, -0.2) is 4.98 Å². The van der Waals surface area contributed by atoms with Gasteiger partial charge in [-0.05, 0) is 45.4 Å². The monoisotopic (exact) mass is 305 g/mol. The zero-order chi connectivity index (χ0) is 15.3. The van der Waals surface area contributed by atoms with E-state index < -0.39 is 0 Å². The molecule has 0 unspecified atom stereocenters. The van der Waals surface area contributed by atoms with E-state index >= 15 is 0 Å². The highest BCUT2D eigenvalue weighted by Gasteiger charge is 2.52. The van der Waals surface area contributed by atoms with Crippen LogP contribution in [0.3, 0.4) is 0 Å². The van der Waals surface area contributed by atoms with Gasteiger partial charge in [-0.2, -0.15) is 0 Å². The van der Waals surface area contributed by atoms with Crippen molar-refractivity contribution in [3.8, 4) is 5.88 Å². The number of thiophene rings is 1. The zero-order valence-corrected chi connectivity index (χ0v) is 13.9. The topological polar surface area (TPSA) is 40.6 Å². The Morgan fingerprint density at radius 2 is 1.90 bits per heavy atom. The first-order valence-electron chi connectivity index (χ1n) is 7.19. The van der Waals surface area contributed by atoms with Crippen LogP contribution in [0.2, 0.25) is 0 Å². The van der Waals surface area contributed by atoms with Crippen molar-refractivity contribution in [1.29, 1.82) is 0 Å². The van der Waals surface area contributed by atoms with E-state index in [1.165, 1.54) is 0 Å². The van der Waals surface area contributed by atoms with E-state index in [2.05, 4.69) is 38.1 Å². The van der Waals surface area contributed by atoms with E-state index in [1.807, 2.05) is 19.2 Å². The first kappa shape index (κ1) is 14.8. The summed E-state index contributed by atoms with van der Waals surface area (Å²) in [4.78, 5) is 4.30. The molecule has 0 bridgehead atoms. The standard InChI is InChI=1S/C15H20BNO3S/c1-6-18-13-7-10-11(9-21-12(10)8-17-13)16-19-14(2,3)15(4,5)20-16/h7-9H,6H2,1-5H3. The van der Waals surface area contributed by atoms with E-state index in [9.17, 15) is 0 Å². The molecule has 2 aromatic heterocycles. The van der Waals surface area contributed by atoms with Crippen molar-refractivity contribution in [2.24, 2.45) is 0 Å². The van der Waals surface area contributed by atoms with Crippen molar-refractivity contribution in [1.82, 2.24) is 4.98 Å². The Balaban J connectivity index is 2.00. The van der Waals surface area contributed by atoms with E-state index in [0.717, 1.165) is 15.5 Å². The van der Waals surface area contributed by atoms with Crippen molar-refractivity contribution in [3.63, 3.8) is 0 Å². The second-order valence-corrected chi connectivity index (χ2v) is 7.14. The molecule has 21 heavy (non-hydrogen) atoms. The Morgan fingerprint density at radius 1 is 1.24 bits per heavy atom. The van der Waals surface area contributed by atoms with Crippen LogP contribution in [0.1, 0.15) is 34.6 Å². The summed E-state index contributed by atoms with van der Waals surface area (Å²) in [5.74, 6) is 0.640. The molecule has 0 atom stereocenters. The number of aromatic nitrogens is 1. The maximum absolute atomic E-state index is 6.14. The lowest BCUT2D eigenvalue weighted by Gasteiger charge is -2.32. The minimum atomic E-state index is -0.347. The summed E-state index contributed by atoms with van der Waals surface area (Å²) in [6, 6.07) is 1.97. The number of hydrogen-bond acceptors (Lipinski definition) is 5. The van der Waals surface area contributed by atoms with Crippen LogP contribution in [0.15, 0.2) is 17.6 Å². The number of rotatable bonds is 3. The molecule has 6 heteroatoms. The van der Waals surface area contributed by atoms with Gasteiger partial charge in [-0.1, -0.05) is 0 Å². The molecule has 112 valence electrons. The summed E-state index contributed by atoms with van der Waals surface area (Å²) in [7, 11) is -0.347. The third-order valence-corrected chi connectivity index (χ3v) is 5.22. The van der Waals surface area contributed by atoms with Crippen LogP contribution in [-0.2, 0) is 9.31 Å². The number of pyridine rings is 1. The van der Waals surface area contributed by atoms with Crippen LogP contribution < -0.4 is 10.2 Å². The fourth-order valence-corrected chi connectivity index (χ4v) is 3.22. The summed E-state index contributed by atoms with van der Waals surface area (Å²) in [6.45, 7) is 10.8. The number of hydrogen-bond donors (Lipinski definition) is 0. The Morgan fingerprint density at radius 3 is 2.52 bits per heavy atom. The van der Waals surface area contributed by atoms with Crippen LogP contribution in [-0.4, -0.2) is 29.9 Å². The fraction of sp³-hybridized carbons (Fsp3) is 0.533. The van der Waals surface area contributed by atoms with E-state index in [1.54, 1.807) is 11.3 Å². The highest BCUT2D eigenvalue weighted by atomic mass is 32.1. The molecular weight excluding hydrogens is 285 g/mol. The minimum Gasteiger partial charge on any atom is -0.478 e. The van der Waals surface area contributed by atoms with Gasteiger partial charge in [-0.3, -0.25) is 0 Å². The molecule has 1 aliphatic heterocycles. The average Bonchev–Trinajstić information content (AvgIpc) is 2.88. The van der Waals surface area contributed by atoms with Crippen LogP contribution in [0, 0.1) is 0 Å². The SMILES string of the molecule is CCOc1cc2c(B3OC(C)(C)C(C)(C)O3)csc2cn1. The summed E-state index contributed by atoms with van der Waals surface area (Å²) >= 11 is 1.65. The number of fused-ring (bicyclic) bond motifs is 1. The fourth-order valence-electron chi connectivity index (χ4n) is 2.31. The molecule has 1 fully saturated rings. The van der Waals surface area contributed by atoms with Crippen molar-refractivity contribution < 1.29 is 14.0 Å². The Bertz CT molecular complexity index is 652.